The largest absolute Gasteiger partial charge is 0.466 e. The zero-order chi connectivity index (χ0) is 18.1. The Morgan fingerprint density at radius 3 is 2.81 bits per heavy atom. The van der Waals surface area contributed by atoms with E-state index >= 15 is 0 Å². The lowest BCUT2D eigenvalue weighted by molar-refractivity contribution is -0.132. The standard InChI is InChI=1S/C21H28N2O3/c1-14-3-7-19-18(13-14)21(26-22-19)16-9-11-23(12-10-16)20(24)8-6-17-5-4-15(2)25-17/h4-5,14,16H,3,6-13H2,1-2H3. The van der Waals surface area contributed by atoms with Crippen LogP contribution >= 0.6 is 0 Å². The second-order valence-corrected chi connectivity index (χ2v) is 7.99. The average Bonchev–Trinajstić information content (AvgIpc) is 3.25. The Balaban J connectivity index is 1.31. The zero-order valence-electron chi connectivity index (χ0n) is 15.8. The molecule has 5 heteroatoms. The van der Waals surface area contributed by atoms with Gasteiger partial charge in [-0.25, -0.2) is 0 Å². The normalized spacial score (nSPS) is 21.0. The fourth-order valence-electron chi connectivity index (χ4n) is 4.33. The van der Waals surface area contributed by atoms with Crippen LogP contribution in [0.3, 0.4) is 0 Å². The molecular formula is C21H28N2O3. The molecular weight excluding hydrogens is 328 g/mol. The molecule has 0 spiro atoms. The third-order valence-corrected chi connectivity index (χ3v) is 5.93. The van der Waals surface area contributed by atoms with Gasteiger partial charge in [-0.05, 0) is 57.1 Å². The summed E-state index contributed by atoms with van der Waals surface area (Å²) in [6.45, 7) is 5.86. The summed E-state index contributed by atoms with van der Waals surface area (Å²) in [6, 6.07) is 3.91. The van der Waals surface area contributed by atoms with Gasteiger partial charge in [0.25, 0.3) is 0 Å². The highest BCUT2D eigenvalue weighted by Gasteiger charge is 2.31. The van der Waals surface area contributed by atoms with E-state index < -0.39 is 0 Å². The van der Waals surface area contributed by atoms with Crippen LogP contribution in [0.4, 0.5) is 0 Å². The van der Waals surface area contributed by atoms with Crippen LogP contribution in [0.1, 0.15) is 67.1 Å². The van der Waals surface area contributed by atoms with Crippen LogP contribution in [0.25, 0.3) is 0 Å². The number of likely N-dealkylation sites (tertiary alicyclic amines) is 1. The van der Waals surface area contributed by atoms with Crippen molar-refractivity contribution >= 4 is 5.91 Å². The highest BCUT2D eigenvalue weighted by molar-refractivity contribution is 5.76. The monoisotopic (exact) mass is 356 g/mol. The lowest BCUT2D eigenvalue weighted by Crippen LogP contribution is -2.38. The molecule has 0 radical (unpaired) electrons. The molecule has 1 atom stereocenters. The lowest BCUT2D eigenvalue weighted by Gasteiger charge is -2.31. The van der Waals surface area contributed by atoms with Gasteiger partial charge in [-0.3, -0.25) is 4.79 Å². The maximum atomic E-state index is 12.5. The molecule has 140 valence electrons. The Hall–Kier alpha value is -2.04. The number of fused-ring (bicyclic) bond motifs is 1. The second kappa shape index (κ2) is 7.29. The number of aromatic nitrogens is 1. The molecule has 3 heterocycles. The Labute approximate surface area is 154 Å². The summed E-state index contributed by atoms with van der Waals surface area (Å²) in [4.78, 5) is 14.5. The van der Waals surface area contributed by atoms with Crippen LogP contribution < -0.4 is 0 Å². The molecule has 26 heavy (non-hydrogen) atoms. The van der Waals surface area contributed by atoms with Crippen LogP contribution in [0.15, 0.2) is 21.1 Å². The van der Waals surface area contributed by atoms with Gasteiger partial charge in [0.05, 0.1) is 5.69 Å². The van der Waals surface area contributed by atoms with Gasteiger partial charge in [0, 0.05) is 37.4 Å². The first-order valence-electron chi connectivity index (χ1n) is 9.90. The Kier molecular flexibility index (Phi) is 4.88. The average molecular weight is 356 g/mol. The summed E-state index contributed by atoms with van der Waals surface area (Å²) in [5.41, 5.74) is 2.53. The van der Waals surface area contributed by atoms with Crippen molar-refractivity contribution in [1.82, 2.24) is 10.1 Å². The Bertz CT molecular complexity index is 768. The minimum Gasteiger partial charge on any atom is -0.466 e. The Morgan fingerprint density at radius 2 is 2.08 bits per heavy atom. The first-order chi connectivity index (χ1) is 12.6. The predicted molar refractivity (Wildman–Crippen MR) is 98.0 cm³/mol. The van der Waals surface area contributed by atoms with E-state index in [9.17, 15) is 4.79 Å². The SMILES string of the molecule is Cc1ccc(CCC(=O)N2CCC(c3onc4c3CC(C)CC4)CC2)o1. The van der Waals surface area contributed by atoms with Gasteiger partial charge in [-0.1, -0.05) is 12.1 Å². The second-order valence-electron chi connectivity index (χ2n) is 7.99. The van der Waals surface area contributed by atoms with Gasteiger partial charge in [0.15, 0.2) is 0 Å². The number of carbonyl (C=O) groups excluding carboxylic acids is 1. The highest BCUT2D eigenvalue weighted by atomic mass is 16.5. The molecule has 0 aromatic carbocycles. The molecule has 1 unspecified atom stereocenters. The molecule has 1 amide bonds. The van der Waals surface area contributed by atoms with E-state index in [2.05, 4.69) is 12.1 Å². The zero-order valence-corrected chi connectivity index (χ0v) is 15.8. The molecule has 2 aromatic rings. The summed E-state index contributed by atoms with van der Waals surface area (Å²) in [5, 5.41) is 4.32. The smallest absolute Gasteiger partial charge is 0.223 e. The highest BCUT2D eigenvalue weighted by Crippen LogP contribution is 2.36. The number of carbonyl (C=O) groups is 1. The van der Waals surface area contributed by atoms with Crippen molar-refractivity contribution in [1.29, 1.82) is 0 Å². The van der Waals surface area contributed by atoms with Crippen molar-refractivity contribution in [3.8, 4) is 0 Å². The summed E-state index contributed by atoms with van der Waals surface area (Å²) < 4.78 is 11.3. The fourth-order valence-corrected chi connectivity index (χ4v) is 4.33. The summed E-state index contributed by atoms with van der Waals surface area (Å²) in [7, 11) is 0. The first-order valence-corrected chi connectivity index (χ1v) is 9.90. The van der Waals surface area contributed by atoms with Crippen molar-refractivity contribution in [2.24, 2.45) is 5.92 Å². The Morgan fingerprint density at radius 1 is 1.27 bits per heavy atom. The molecule has 0 bridgehead atoms. The summed E-state index contributed by atoms with van der Waals surface area (Å²) in [6.07, 6.45) is 6.50. The van der Waals surface area contributed by atoms with E-state index in [1.54, 1.807) is 0 Å². The number of hydrogen-bond acceptors (Lipinski definition) is 4. The van der Waals surface area contributed by atoms with Crippen molar-refractivity contribution in [2.75, 3.05) is 13.1 Å². The number of amides is 1. The van der Waals surface area contributed by atoms with Crippen molar-refractivity contribution in [2.45, 2.75) is 64.7 Å². The number of piperidine rings is 1. The minimum atomic E-state index is 0.228. The van der Waals surface area contributed by atoms with Crippen LogP contribution in [-0.4, -0.2) is 29.1 Å². The topological polar surface area (TPSA) is 59.5 Å². The van der Waals surface area contributed by atoms with E-state index in [1.807, 2.05) is 24.0 Å². The number of hydrogen-bond donors (Lipinski definition) is 0. The van der Waals surface area contributed by atoms with Crippen LogP contribution in [0.2, 0.25) is 0 Å². The van der Waals surface area contributed by atoms with E-state index in [0.717, 1.165) is 56.1 Å². The van der Waals surface area contributed by atoms with Crippen LogP contribution in [0.5, 0.6) is 0 Å². The van der Waals surface area contributed by atoms with E-state index in [0.29, 0.717) is 24.7 Å². The third kappa shape index (κ3) is 3.57. The number of aryl methyl sites for hydroxylation is 3. The van der Waals surface area contributed by atoms with Crippen LogP contribution in [-0.2, 0) is 24.1 Å². The number of rotatable bonds is 4. The van der Waals surface area contributed by atoms with Gasteiger partial charge in [0.1, 0.15) is 17.3 Å². The van der Waals surface area contributed by atoms with Crippen molar-refractivity contribution < 1.29 is 13.7 Å². The molecule has 2 aliphatic rings. The van der Waals surface area contributed by atoms with E-state index in [1.165, 1.54) is 17.7 Å². The summed E-state index contributed by atoms with van der Waals surface area (Å²) in [5.74, 6) is 4.25. The van der Waals surface area contributed by atoms with E-state index in [4.69, 9.17) is 8.94 Å². The molecule has 4 rings (SSSR count). The van der Waals surface area contributed by atoms with Gasteiger partial charge >= 0.3 is 0 Å². The predicted octanol–water partition coefficient (Wildman–Crippen LogP) is 4.04. The first kappa shape index (κ1) is 17.4. The molecule has 5 nitrogen and oxygen atoms in total. The van der Waals surface area contributed by atoms with Crippen molar-refractivity contribution in [3.05, 3.63) is 40.7 Å². The number of nitrogens with zero attached hydrogens (tertiary/aromatic N) is 2. The van der Waals surface area contributed by atoms with Crippen LogP contribution in [0, 0.1) is 12.8 Å². The van der Waals surface area contributed by atoms with Gasteiger partial charge in [-0.15, -0.1) is 0 Å². The molecule has 1 aliphatic carbocycles. The fraction of sp³-hybridized carbons (Fsp3) is 0.619. The molecule has 0 saturated carbocycles. The molecule has 0 N–H and O–H groups in total. The molecule has 1 fully saturated rings. The molecule has 1 saturated heterocycles. The lowest BCUT2D eigenvalue weighted by atomic mass is 9.83. The maximum Gasteiger partial charge on any atom is 0.223 e. The molecule has 1 aliphatic heterocycles. The number of furan rings is 1. The molecule has 2 aromatic heterocycles. The summed E-state index contributed by atoms with van der Waals surface area (Å²) >= 11 is 0. The van der Waals surface area contributed by atoms with Gasteiger partial charge in [0.2, 0.25) is 5.91 Å². The maximum absolute atomic E-state index is 12.5. The third-order valence-electron chi connectivity index (χ3n) is 5.93. The minimum absolute atomic E-state index is 0.228. The van der Waals surface area contributed by atoms with Gasteiger partial charge in [-0.2, -0.15) is 0 Å². The van der Waals surface area contributed by atoms with E-state index in [-0.39, 0.29) is 5.91 Å². The van der Waals surface area contributed by atoms with Crippen molar-refractivity contribution in [3.63, 3.8) is 0 Å². The van der Waals surface area contributed by atoms with Gasteiger partial charge < -0.3 is 13.8 Å². The quantitative estimate of drug-likeness (QED) is 0.829.